The van der Waals surface area contributed by atoms with E-state index < -0.39 is 5.92 Å². The van der Waals surface area contributed by atoms with Gasteiger partial charge in [0.1, 0.15) is 0 Å². The third kappa shape index (κ3) is 3.54. The summed E-state index contributed by atoms with van der Waals surface area (Å²) in [5.74, 6) is 0.881. The first-order chi connectivity index (χ1) is 11.3. The highest BCUT2D eigenvalue weighted by atomic mass is 16.7. The van der Waals surface area contributed by atoms with Crippen molar-refractivity contribution in [2.45, 2.75) is 12.3 Å². The highest BCUT2D eigenvalue weighted by Crippen LogP contribution is 2.32. The van der Waals surface area contributed by atoms with E-state index in [1.165, 1.54) is 7.11 Å². The lowest BCUT2D eigenvalue weighted by Gasteiger charge is -2.10. The average Bonchev–Trinajstić information content (AvgIpc) is 3.06. The van der Waals surface area contributed by atoms with Crippen molar-refractivity contribution in [3.8, 4) is 11.5 Å². The van der Waals surface area contributed by atoms with E-state index >= 15 is 0 Å². The lowest BCUT2D eigenvalue weighted by Crippen LogP contribution is -2.12. The maximum absolute atomic E-state index is 12.0. The lowest BCUT2D eigenvalue weighted by atomic mass is 9.98. The van der Waals surface area contributed by atoms with Crippen LogP contribution in [0.1, 0.15) is 17.0 Å². The molecule has 0 spiro atoms. The van der Waals surface area contributed by atoms with Crippen LogP contribution in [0.4, 0.5) is 0 Å². The lowest BCUT2D eigenvalue weighted by molar-refractivity contribution is -0.141. The summed E-state index contributed by atoms with van der Waals surface area (Å²) < 4.78 is 15.6. The van der Waals surface area contributed by atoms with Crippen molar-refractivity contribution in [2.75, 3.05) is 13.9 Å². The smallest absolute Gasteiger partial charge is 0.317 e. The highest BCUT2D eigenvalue weighted by molar-refractivity contribution is 5.80. The molecular weight excluding hydrogens is 292 g/mol. The number of ether oxygens (including phenoxy) is 3. The number of carbonyl (C=O) groups excluding carboxylic acids is 1. The summed E-state index contributed by atoms with van der Waals surface area (Å²) in [6, 6.07) is 15.5. The van der Waals surface area contributed by atoms with E-state index in [0.717, 1.165) is 22.6 Å². The van der Waals surface area contributed by atoms with Crippen molar-refractivity contribution < 1.29 is 19.0 Å². The first kappa shape index (κ1) is 15.2. The molecule has 1 aliphatic rings. The minimum Gasteiger partial charge on any atom is -0.468 e. The molecule has 0 N–H and O–H groups in total. The zero-order chi connectivity index (χ0) is 16.1. The average molecular weight is 310 g/mol. The van der Waals surface area contributed by atoms with E-state index in [1.54, 1.807) is 0 Å². The topological polar surface area (TPSA) is 44.8 Å². The van der Waals surface area contributed by atoms with Gasteiger partial charge in [0.25, 0.3) is 0 Å². The van der Waals surface area contributed by atoms with Crippen LogP contribution in [-0.2, 0) is 16.0 Å². The molecule has 118 valence electrons. The number of rotatable bonds is 5. The predicted molar refractivity (Wildman–Crippen MR) is 86.6 cm³/mol. The molecule has 1 atom stereocenters. The summed E-state index contributed by atoms with van der Waals surface area (Å²) in [4.78, 5) is 12.0. The van der Waals surface area contributed by atoms with Gasteiger partial charge in [0.2, 0.25) is 6.79 Å². The van der Waals surface area contributed by atoms with Crippen LogP contribution >= 0.6 is 0 Å². The van der Waals surface area contributed by atoms with Gasteiger partial charge >= 0.3 is 5.97 Å². The summed E-state index contributed by atoms with van der Waals surface area (Å²) in [6.07, 6.45) is 4.56. The van der Waals surface area contributed by atoms with E-state index in [0.29, 0.717) is 6.42 Å². The third-order valence-corrected chi connectivity index (χ3v) is 3.73. The molecule has 0 fully saturated rings. The van der Waals surface area contributed by atoms with Crippen molar-refractivity contribution in [2.24, 2.45) is 0 Å². The molecule has 1 heterocycles. The number of allylic oxidation sites excluding steroid dienone is 1. The van der Waals surface area contributed by atoms with E-state index in [2.05, 4.69) is 0 Å². The quantitative estimate of drug-likeness (QED) is 0.626. The number of hydrogen-bond donors (Lipinski definition) is 0. The Morgan fingerprint density at radius 3 is 2.74 bits per heavy atom. The summed E-state index contributed by atoms with van der Waals surface area (Å²) in [5, 5.41) is 0. The fourth-order valence-electron chi connectivity index (χ4n) is 2.52. The van der Waals surface area contributed by atoms with Crippen LogP contribution in [0.25, 0.3) is 0 Å². The van der Waals surface area contributed by atoms with E-state index in [-0.39, 0.29) is 12.8 Å². The summed E-state index contributed by atoms with van der Waals surface area (Å²) in [7, 11) is 1.41. The molecule has 0 amide bonds. The first-order valence-corrected chi connectivity index (χ1v) is 7.46. The van der Waals surface area contributed by atoms with Crippen molar-refractivity contribution in [3.63, 3.8) is 0 Å². The van der Waals surface area contributed by atoms with Crippen LogP contribution in [0, 0.1) is 0 Å². The Kier molecular flexibility index (Phi) is 4.62. The zero-order valence-electron chi connectivity index (χ0n) is 12.9. The van der Waals surface area contributed by atoms with Gasteiger partial charge < -0.3 is 14.2 Å². The van der Waals surface area contributed by atoms with Crippen LogP contribution in [0.5, 0.6) is 11.5 Å². The Morgan fingerprint density at radius 1 is 1.17 bits per heavy atom. The van der Waals surface area contributed by atoms with Crippen molar-refractivity contribution in [1.29, 1.82) is 0 Å². The molecule has 2 aromatic rings. The zero-order valence-corrected chi connectivity index (χ0v) is 12.9. The second kappa shape index (κ2) is 7.01. The second-order valence-corrected chi connectivity index (χ2v) is 5.23. The Hall–Kier alpha value is -2.75. The number of hydrogen-bond acceptors (Lipinski definition) is 4. The number of fused-ring (bicyclic) bond motifs is 1. The molecule has 0 aliphatic carbocycles. The van der Waals surface area contributed by atoms with Gasteiger partial charge in [-0.3, -0.25) is 4.79 Å². The van der Waals surface area contributed by atoms with Crippen molar-refractivity contribution >= 4 is 5.97 Å². The van der Waals surface area contributed by atoms with Gasteiger partial charge in [-0.05, 0) is 29.7 Å². The van der Waals surface area contributed by atoms with Gasteiger partial charge in [0, 0.05) is 0 Å². The largest absolute Gasteiger partial charge is 0.468 e. The van der Waals surface area contributed by atoms with Crippen LogP contribution in [-0.4, -0.2) is 19.9 Å². The molecule has 23 heavy (non-hydrogen) atoms. The van der Waals surface area contributed by atoms with Crippen LogP contribution in [0.2, 0.25) is 0 Å². The van der Waals surface area contributed by atoms with Gasteiger partial charge in [0.05, 0.1) is 13.0 Å². The van der Waals surface area contributed by atoms with Gasteiger partial charge in [-0.15, -0.1) is 0 Å². The maximum atomic E-state index is 12.0. The normalized spacial score (nSPS) is 14.0. The Balaban J connectivity index is 1.72. The molecule has 2 aromatic carbocycles. The number of methoxy groups -OCH3 is 1. The van der Waals surface area contributed by atoms with Crippen molar-refractivity contribution in [1.82, 2.24) is 0 Å². The molecule has 4 nitrogen and oxygen atoms in total. The molecule has 0 radical (unpaired) electrons. The Labute approximate surface area is 135 Å². The monoisotopic (exact) mass is 310 g/mol. The number of carbonyl (C=O) groups is 1. The van der Waals surface area contributed by atoms with Crippen LogP contribution < -0.4 is 9.47 Å². The minimum absolute atomic E-state index is 0.266. The summed E-state index contributed by atoms with van der Waals surface area (Å²) in [5.41, 5.74) is 2.02. The molecular formula is C19H18O4. The fourth-order valence-corrected chi connectivity index (χ4v) is 2.52. The highest BCUT2D eigenvalue weighted by Gasteiger charge is 2.18. The fraction of sp³-hybridized carbons (Fsp3) is 0.211. The summed E-state index contributed by atoms with van der Waals surface area (Å²) >= 11 is 0. The van der Waals surface area contributed by atoms with Gasteiger partial charge in [-0.1, -0.05) is 48.6 Å². The molecule has 3 rings (SSSR count). The number of esters is 1. The van der Waals surface area contributed by atoms with E-state index in [1.807, 2.05) is 60.7 Å². The third-order valence-electron chi connectivity index (χ3n) is 3.73. The molecule has 0 bridgehead atoms. The van der Waals surface area contributed by atoms with Crippen molar-refractivity contribution in [3.05, 3.63) is 71.8 Å². The van der Waals surface area contributed by atoms with E-state index in [9.17, 15) is 4.79 Å². The minimum atomic E-state index is -0.393. The number of benzene rings is 2. The SMILES string of the molecule is COC(=O)C(/C=C/Cc1ccc2c(c1)OCO2)c1ccccc1. The Morgan fingerprint density at radius 2 is 1.96 bits per heavy atom. The Bertz CT molecular complexity index is 707. The standard InChI is InChI=1S/C19H18O4/c1-21-19(20)16(15-7-3-2-4-8-15)9-5-6-14-10-11-17-18(12-14)23-13-22-17/h2-5,7-12,16H,6,13H2,1H3/b9-5+. The van der Waals surface area contributed by atoms with Gasteiger partial charge in [-0.2, -0.15) is 0 Å². The predicted octanol–water partition coefficient (Wildman–Crippen LogP) is 3.47. The summed E-state index contributed by atoms with van der Waals surface area (Å²) in [6.45, 7) is 0.271. The van der Waals surface area contributed by atoms with Gasteiger partial charge in [-0.25, -0.2) is 0 Å². The van der Waals surface area contributed by atoms with E-state index in [4.69, 9.17) is 14.2 Å². The molecule has 1 aliphatic heterocycles. The molecule has 1 unspecified atom stereocenters. The van der Waals surface area contributed by atoms with Crippen LogP contribution in [0.15, 0.2) is 60.7 Å². The van der Waals surface area contributed by atoms with Gasteiger partial charge in [0.15, 0.2) is 11.5 Å². The maximum Gasteiger partial charge on any atom is 0.317 e. The molecule has 4 heteroatoms. The van der Waals surface area contributed by atoms with Crippen LogP contribution in [0.3, 0.4) is 0 Å². The first-order valence-electron chi connectivity index (χ1n) is 7.46. The second-order valence-electron chi connectivity index (χ2n) is 5.23. The molecule has 0 saturated heterocycles. The molecule has 0 saturated carbocycles. The molecule has 0 aromatic heterocycles.